The molecule has 0 unspecified atom stereocenters. The van der Waals surface area contributed by atoms with Gasteiger partial charge in [0.1, 0.15) is 0 Å². The van der Waals surface area contributed by atoms with E-state index >= 15 is 0 Å². The van der Waals surface area contributed by atoms with E-state index in [4.69, 9.17) is 11.6 Å². The molecule has 0 saturated heterocycles. The molecule has 118 valence electrons. The molecule has 1 aliphatic heterocycles. The van der Waals surface area contributed by atoms with Crippen molar-refractivity contribution in [2.24, 2.45) is 0 Å². The van der Waals surface area contributed by atoms with Crippen LogP contribution in [0, 0.1) is 6.92 Å². The van der Waals surface area contributed by atoms with E-state index in [1.54, 1.807) is 17.2 Å². The largest absolute Gasteiger partial charge is 0.322 e. The molecule has 2 amide bonds. The average molecular weight is 329 g/mol. The number of carbonyl (C=O) groups is 1. The van der Waals surface area contributed by atoms with Crippen LogP contribution in [0.4, 0.5) is 10.5 Å². The van der Waals surface area contributed by atoms with Gasteiger partial charge in [-0.25, -0.2) is 4.79 Å². The van der Waals surface area contributed by atoms with Gasteiger partial charge >= 0.3 is 6.03 Å². The van der Waals surface area contributed by atoms with E-state index < -0.39 is 0 Å². The van der Waals surface area contributed by atoms with Gasteiger partial charge in [0.2, 0.25) is 0 Å². The SMILES string of the molecule is Cc1nnccc1NC(=O)N1CC=C(c2cccc(Cl)c2)CC1. The minimum Gasteiger partial charge on any atom is -0.320 e. The van der Waals surface area contributed by atoms with Crippen molar-refractivity contribution in [3.63, 3.8) is 0 Å². The molecular weight excluding hydrogens is 312 g/mol. The molecule has 5 nitrogen and oxygen atoms in total. The number of hydrogen-bond acceptors (Lipinski definition) is 3. The van der Waals surface area contributed by atoms with Crippen molar-refractivity contribution >= 4 is 28.9 Å². The topological polar surface area (TPSA) is 58.1 Å². The quantitative estimate of drug-likeness (QED) is 0.913. The summed E-state index contributed by atoms with van der Waals surface area (Å²) in [5.74, 6) is 0. The standard InChI is InChI=1S/C17H17ClN4O/c1-12-16(5-8-19-21-12)20-17(23)22-9-6-13(7-10-22)14-3-2-4-15(18)11-14/h2-6,8,11H,7,9-10H2,1H3,(H,19,20,23). The fraction of sp³-hybridized carbons (Fsp3) is 0.235. The zero-order valence-electron chi connectivity index (χ0n) is 12.8. The first kappa shape index (κ1) is 15.5. The maximum absolute atomic E-state index is 12.3. The van der Waals surface area contributed by atoms with E-state index in [0.717, 1.165) is 17.0 Å². The summed E-state index contributed by atoms with van der Waals surface area (Å²) in [6.07, 6.45) is 4.45. The first-order chi connectivity index (χ1) is 11.1. The third-order valence-corrected chi connectivity index (χ3v) is 4.07. The lowest BCUT2D eigenvalue weighted by Gasteiger charge is -2.27. The number of rotatable bonds is 2. The molecule has 6 heteroatoms. The van der Waals surface area contributed by atoms with E-state index in [2.05, 4.69) is 21.6 Å². The fourth-order valence-electron chi connectivity index (χ4n) is 2.53. The minimum absolute atomic E-state index is 0.123. The summed E-state index contributed by atoms with van der Waals surface area (Å²) in [6, 6.07) is 9.42. The number of carbonyl (C=O) groups excluding carboxylic acids is 1. The molecule has 0 spiro atoms. The van der Waals surface area contributed by atoms with Gasteiger partial charge in [0, 0.05) is 18.1 Å². The summed E-state index contributed by atoms with van der Waals surface area (Å²) >= 11 is 6.04. The highest BCUT2D eigenvalue weighted by molar-refractivity contribution is 6.30. The lowest BCUT2D eigenvalue weighted by molar-refractivity contribution is 0.217. The van der Waals surface area contributed by atoms with E-state index in [1.165, 1.54) is 5.57 Å². The van der Waals surface area contributed by atoms with Crippen LogP contribution in [-0.2, 0) is 0 Å². The van der Waals surface area contributed by atoms with Crippen molar-refractivity contribution < 1.29 is 4.79 Å². The first-order valence-corrected chi connectivity index (χ1v) is 7.80. The Morgan fingerprint density at radius 1 is 1.35 bits per heavy atom. The van der Waals surface area contributed by atoms with Gasteiger partial charge in [-0.05, 0) is 42.7 Å². The van der Waals surface area contributed by atoms with Crippen LogP contribution in [0.3, 0.4) is 0 Å². The smallest absolute Gasteiger partial charge is 0.320 e. The number of nitrogens with one attached hydrogen (secondary N) is 1. The molecule has 1 aromatic heterocycles. The number of anilines is 1. The van der Waals surface area contributed by atoms with Crippen molar-refractivity contribution in [2.45, 2.75) is 13.3 Å². The molecule has 1 N–H and O–H groups in total. The van der Waals surface area contributed by atoms with Gasteiger partial charge in [0.25, 0.3) is 0 Å². The Morgan fingerprint density at radius 2 is 2.22 bits per heavy atom. The molecule has 1 aromatic carbocycles. The molecule has 0 saturated carbocycles. The highest BCUT2D eigenvalue weighted by atomic mass is 35.5. The third-order valence-electron chi connectivity index (χ3n) is 3.84. The lowest BCUT2D eigenvalue weighted by atomic mass is 10.00. The van der Waals surface area contributed by atoms with Crippen LogP contribution >= 0.6 is 11.6 Å². The van der Waals surface area contributed by atoms with Crippen molar-refractivity contribution in [2.75, 3.05) is 18.4 Å². The molecule has 2 aromatic rings. The number of aryl methyl sites for hydroxylation is 1. The molecule has 2 heterocycles. The zero-order valence-corrected chi connectivity index (χ0v) is 13.5. The van der Waals surface area contributed by atoms with Crippen LogP contribution in [0.5, 0.6) is 0 Å². The molecule has 0 radical (unpaired) electrons. The summed E-state index contributed by atoms with van der Waals surface area (Å²) in [5, 5.41) is 11.3. The predicted octanol–water partition coefficient (Wildman–Crippen LogP) is 3.76. The van der Waals surface area contributed by atoms with Crippen LogP contribution in [0.2, 0.25) is 5.02 Å². The second kappa shape index (κ2) is 6.79. The van der Waals surface area contributed by atoms with Crippen LogP contribution in [-0.4, -0.2) is 34.2 Å². The van der Waals surface area contributed by atoms with E-state index in [1.807, 2.05) is 31.2 Å². The zero-order chi connectivity index (χ0) is 16.2. The number of nitrogens with zero attached hydrogens (tertiary/aromatic N) is 3. The van der Waals surface area contributed by atoms with Gasteiger partial charge in [-0.15, -0.1) is 0 Å². The van der Waals surface area contributed by atoms with Gasteiger partial charge in [-0.1, -0.05) is 29.8 Å². The molecule has 0 bridgehead atoms. The number of halogens is 1. The van der Waals surface area contributed by atoms with Crippen LogP contribution < -0.4 is 5.32 Å². The van der Waals surface area contributed by atoms with Crippen molar-refractivity contribution in [1.82, 2.24) is 15.1 Å². The summed E-state index contributed by atoms with van der Waals surface area (Å²) in [6.45, 7) is 3.06. The summed E-state index contributed by atoms with van der Waals surface area (Å²) < 4.78 is 0. The molecular formula is C17H17ClN4O. The molecule has 1 aliphatic rings. The maximum atomic E-state index is 12.3. The number of hydrogen-bond donors (Lipinski definition) is 1. The van der Waals surface area contributed by atoms with Gasteiger partial charge in [0.05, 0.1) is 17.6 Å². The second-order valence-corrected chi connectivity index (χ2v) is 5.83. The van der Waals surface area contributed by atoms with Crippen LogP contribution in [0.25, 0.3) is 5.57 Å². The fourth-order valence-corrected chi connectivity index (χ4v) is 2.72. The second-order valence-electron chi connectivity index (χ2n) is 5.40. The van der Waals surface area contributed by atoms with Crippen LogP contribution in [0.15, 0.2) is 42.6 Å². The Hall–Kier alpha value is -2.40. The number of amides is 2. The number of urea groups is 1. The molecule has 0 aliphatic carbocycles. The number of aromatic nitrogens is 2. The highest BCUT2D eigenvalue weighted by Crippen LogP contribution is 2.25. The van der Waals surface area contributed by atoms with Gasteiger partial charge in [0.15, 0.2) is 0 Å². The Balaban J connectivity index is 1.66. The molecule has 0 atom stereocenters. The summed E-state index contributed by atoms with van der Waals surface area (Å²) in [5.41, 5.74) is 3.73. The molecule has 0 fully saturated rings. The van der Waals surface area contributed by atoms with Crippen molar-refractivity contribution in [3.05, 3.63) is 58.9 Å². The lowest BCUT2D eigenvalue weighted by Crippen LogP contribution is -2.38. The first-order valence-electron chi connectivity index (χ1n) is 7.42. The monoisotopic (exact) mass is 328 g/mol. The summed E-state index contributed by atoms with van der Waals surface area (Å²) in [4.78, 5) is 14.1. The van der Waals surface area contributed by atoms with E-state index in [9.17, 15) is 4.79 Å². The van der Waals surface area contributed by atoms with E-state index in [0.29, 0.717) is 24.5 Å². The minimum atomic E-state index is -0.123. The van der Waals surface area contributed by atoms with Gasteiger partial charge in [-0.3, -0.25) is 0 Å². The normalized spacial score (nSPS) is 14.3. The Bertz CT molecular complexity index is 760. The summed E-state index contributed by atoms with van der Waals surface area (Å²) in [7, 11) is 0. The van der Waals surface area contributed by atoms with E-state index in [-0.39, 0.29) is 6.03 Å². The van der Waals surface area contributed by atoms with Gasteiger partial charge < -0.3 is 10.2 Å². The Morgan fingerprint density at radius 3 is 2.91 bits per heavy atom. The predicted molar refractivity (Wildman–Crippen MR) is 91.4 cm³/mol. The highest BCUT2D eigenvalue weighted by Gasteiger charge is 2.18. The Labute approximate surface area is 140 Å². The maximum Gasteiger partial charge on any atom is 0.322 e. The number of benzene rings is 1. The molecule has 23 heavy (non-hydrogen) atoms. The average Bonchev–Trinajstić information content (AvgIpc) is 2.57. The van der Waals surface area contributed by atoms with Crippen molar-refractivity contribution in [3.8, 4) is 0 Å². The Kier molecular flexibility index (Phi) is 4.57. The van der Waals surface area contributed by atoms with Crippen LogP contribution in [0.1, 0.15) is 17.7 Å². The van der Waals surface area contributed by atoms with Gasteiger partial charge in [-0.2, -0.15) is 10.2 Å². The third kappa shape index (κ3) is 3.68. The molecule has 3 rings (SSSR count). The van der Waals surface area contributed by atoms with Crippen molar-refractivity contribution in [1.29, 1.82) is 0 Å².